The Balaban J connectivity index is 1.64. The summed E-state index contributed by atoms with van der Waals surface area (Å²) >= 11 is 1.62. The number of carbonyl (C=O) groups excluding carboxylic acids is 2. The lowest BCUT2D eigenvalue weighted by Crippen LogP contribution is -2.47. The molecular weight excluding hydrogens is 332 g/mol. The van der Waals surface area contributed by atoms with Crippen LogP contribution in [0, 0.1) is 0 Å². The van der Waals surface area contributed by atoms with Gasteiger partial charge in [0.15, 0.2) is 0 Å². The van der Waals surface area contributed by atoms with E-state index in [1.54, 1.807) is 16.7 Å². The highest BCUT2D eigenvalue weighted by atomic mass is 32.2. The number of amides is 2. The van der Waals surface area contributed by atoms with Crippen molar-refractivity contribution in [2.75, 3.05) is 11.6 Å². The first kappa shape index (κ1) is 17.5. The molecular formula is C20H22N2O2S. The number of nitrogens with one attached hydrogen (secondary N) is 1. The van der Waals surface area contributed by atoms with Crippen LogP contribution in [0.4, 0.5) is 0 Å². The average Bonchev–Trinajstić information content (AvgIpc) is 3.16. The van der Waals surface area contributed by atoms with Crippen LogP contribution in [0.5, 0.6) is 0 Å². The number of hydrogen-bond acceptors (Lipinski definition) is 3. The van der Waals surface area contributed by atoms with Gasteiger partial charge >= 0.3 is 0 Å². The first-order chi connectivity index (χ1) is 12.2. The van der Waals surface area contributed by atoms with Gasteiger partial charge in [-0.15, -0.1) is 11.8 Å². The fraction of sp³-hybridized carbons (Fsp3) is 0.300. The highest BCUT2D eigenvalue weighted by molar-refractivity contribution is 7.99. The largest absolute Gasteiger partial charge is 0.350 e. The van der Waals surface area contributed by atoms with Crippen LogP contribution in [0.1, 0.15) is 28.4 Å². The van der Waals surface area contributed by atoms with Gasteiger partial charge < -0.3 is 10.2 Å². The molecule has 3 rings (SSSR count). The van der Waals surface area contributed by atoms with E-state index in [9.17, 15) is 9.59 Å². The molecule has 2 aromatic carbocycles. The fourth-order valence-corrected chi connectivity index (χ4v) is 3.97. The summed E-state index contributed by atoms with van der Waals surface area (Å²) in [4.78, 5) is 27.0. The lowest BCUT2D eigenvalue weighted by molar-refractivity contribution is -0.124. The molecule has 5 heteroatoms. The highest BCUT2D eigenvalue weighted by Gasteiger charge is 2.34. The van der Waals surface area contributed by atoms with Gasteiger partial charge in [-0.1, -0.05) is 49.4 Å². The quantitative estimate of drug-likeness (QED) is 0.898. The number of nitrogens with zero attached hydrogens (tertiary/aromatic N) is 1. The Morgan fingerprint density at radius 2 is 1.80 bits per heavy atom. The molecule has 130 valence electrons. The summed E-state index contributed by atoms with van der Waals surface area (Å²) in [5.74, 6) is 1.02. The van der Waals surface area contributed by atoms with Crippen molar-refractivity contribution in [1.82, 2.24) is 10.2 Å². The molecule has 2 aromatic rings. The SMILES string of the molecule is CCc1ccc(C(=O)N2CSC[C@H]2C(=O)NCc2ccccc2)cc1. The number of aryl methyl sites for hydroxylation is 1. The zero-order chi connectivity index (χ0) is 17.6. The summed E-state index contributed by atoms with van der Waals surface area (Å²) in [5.41, 5.74) is 2.89. The summed E-state index contributed by atoms with van der Waals surface area (Å²) in [6.45, 7) is 2.56. The van der Waals surface area contributed by atoms with Gasteiger partial charge in [-0.3, -0.25) is 9.59 Å². The molecule has 25 heavy (non-hydrogen) atoms. The van der Waals surface area contributed by atoms with Crippen LogP contribution in [0.25, 0.3) is 0 Å². The Labute approximate surface area is 152 Å². The minimum absolute atomic E-state index is 0.0764. The predicted octanol–water partition coefficient (Wildman–Crippen LogP) is 3.08. The molecule has 1 aliphatic heterocycles. The van der Waals surface area contributed by atoms with Crippen molar-refractivity contribution < 1.29 is 9.59 Å². The van der Waals surface area contributed by atoms with Crippen molar-refractivity contribution in [3.05, 3.63) is 71.3 Å². The van der Waals surface area contributed by atoms with Gasteiger partial charge in [-0.05, 0) is 29.7 Å². The number of carbonyl (C=O) groups is 2. The fourth-order valence-electron chi connectivity index (χ4n) is 2.81. The van der Waals surface area contributed by atoms with E-state index in [4.69, 9.17) is 0 Å². The molecule has 2 amide bonds. The summed E-state index contributed by atoms with van der Waals surface area (Å²) < 4.78 is 0. The first-order valence-electron chi connectivity index (χ1n) is 8.48. The molecule has 0 unspecified atom stereocenters. The van der Waals surface area contributed by atoms with E-state index in [2.05, 4.69) is 12.2 Å². The third kappa shape index (κ3) is 4.23. The van der Waals surface area contributed by atoms with Crippen LogP contribution >= 0.6 is 11.8 Å². The van der Waals surface area contributed by atoms with E-state index in [-0.39, 0.29) is 11.8 Å². The van der Waals surface area contributed by atoms with Gasteiger partial charge in [0, 0.05) is 17.9 Å². The standard InChI is InChI=1S/C20H22N2O2S/c1-2-15-8-10-17(11-9-15)20(24)22-14-25-13-18(22)19(23)21-12-16-6-4-3-5-7-16/h3-11,18H,2,12-14H2,1H3,(H,21,23)/t18-/m0/s1. The second kappa shape index (κ2) is 8.21. The molecule has 1 heterocycles. The van der Waals surface area contributed by atoms with E-state index >= 15 is 0 Å². The topological polar surface area (TPSA) is 49.4 Å². The van der Waals surface area contributed by atoms with Crippen LogP contribution in [-0.2, 0) is 17.8 Å². The summed E-state index contributed by atoms with van der Waals surface area (Å²) in [5, 5.41) is 2.95. The van der Waals surface area contributed by atoms with Crippen LogP contribution in [-0.4, -0.2) is 34.4 Å². The molecule has 1 atom stereocenters. The van der Waals surface area contributed by atoms with Crippen LogP contribution in [0.15, 0.2) is 54.6 Å². The van der Waals surface area contributed by atoms with Gasteiger partial charge in [0.2, 0.25) is 5.91 Å². The van der Waals surface area contributed by atoms with Crippen molar-refractivity contribution in [3.63, 3.8) is 0 Å². The van der Waals surface area contributed by atoms with E-state index in [0.29, 0.717) is 23.7 Å². The Morgan fingerprint density at radius 1 is 1.08 bits per heavy atom. The minimum Gasteiger partial charge on any atom is -0.350 e. The Hall–Kier alpha value is -2.27. The van der Waals surface area contributed by atoms with Crippen molar-refractivity contribution in [2.24, 2.45) is 0 Å². The molecule has 1 aliphatic rings. The number of hydrogen-bond donors (Lipinski definition) is 1. The Bertz CT molecular complexity index is 731. The van der Waals surface area contributed by atoms with E-state index in [0.717, 1.165) is 12.0 Å². The minimum atomic E-state index is -0.410. The Morgan fingerprint density at radius 3 is 2.48 bits per heavy atom. The number of rotatable bonds is 5. The smallest absolute Gasteiger partial charge is 0.255 e. The van der Waals surface area contributed by atoms with Crippen LogP contribution in [0.3, 0.4) is 0 Å². The van der Waals surface area contributed by atoms with Crippen molar-refractivity contribution in [3.8, 4) is 0 Å². The second-order valence-corrected chi connectivity index (χ2v) is 7.04. The Kier molecular flexibility index (Phi) is 5.76. The molecule has 0 spiro atoms. The third-order valence-electron chi connectivity index (χ3n) is 4.36. The molecule has 0 radical (unpaired) electrons. The molecule has 1 saturated heterocycles. The molecule has 0 aliphatic carbocycles. The average molecular weight is 354 g/mol. The monoisotopic (exact) mass is 354 g/mol. The lowest BCUT2D eigenvalue weighted by atomic mass is 10.1. The zero-order valence-electron chi connectivity index (χ0n) is 14.3. The zero-order valence-corrected chi connectivity index (χ0v) is 15.1. The van der Waals surface area contributed by atoms with E-state index in [1.165, 1.54) is 5.56 Å². The first-order valence-corrected chi connectivity index (χ1v) is 9.64. The number of benzene rings is 2. The summed E-state index contributed by atoms with van der Waals surface area (Å²) in [7, 11) is 0. The second-order valence-electron chi connectivity index (χ2n) is 6.04. The maximum absolute atomic E-state index is 12.8. The maximum atomic E-state index is 12.8. The van der Waals surface area contributed by atoms with Crippen molar-refractivity contribution >= 4 is 23.6 Å². The summed E-state index contributed by atoms with van der Waals surface area (Å²) in [6, 6.07) is 17.0. The third-order valence-corrected chi connectivity index (χ3v) is 5.38. The summed E-state index contributed by atoms with van der Waals surface area (Å²) in [6.07, 6.45) is 0.943. The molecule has 0 saturated carbocycles. The van der Waals surface area contributed by atoms with Gasteiger partial charge in [-0.2, -0.15) is 0 Å². The molecule has 0 aromatic heterocycles. The lowest BCUT2D eigenvalue weighted by Gasteiger charge is -2.23. The van der Waals surface area contributed by atoms with E-state index < -0.39 is 6.04 Å². The van der Waals surface area contributed by atoms with Gasteiger partial charge in [0.05, 0.1) is 5.88 Å². The molecule has 1 fully saturated rings. The van der Waals surface area contributed by atoms with Crippen LogP contribution < -0.4 is 5.32 Å². The van der Waals surface area contributed by atoms with Crippen molar-refractivity contribution in [1.29, 1.82) is 0 Å². The predicted molar refractivity (Wildman–Crippen MR) is 101 cm³/mol. The molecule has 4 nitrogen and oxygen atoms in total. The normalized spacial score (nSPS) is 16.7. The molecule has 1 N–H and O–H groups in total. The maximum Gasteiger partial charge on any atom is 0.255 e. The van der Waals surface area contributed by atoms with Gasteiger partial charge in [0.25, 0.3) is 5.91 Å². The highest BCUT2D eigenvalue weighted by Crippen LogP contribution is 2.23. The van der Waals surface area contributed by atoms with Gasteiger partial charge in [-0.25, -0.2) is 0 Å². The van der Waals surface area contributed by atoms with Crippen LogP contribution in [0.2, 0.25) is 0 Å². The number of thioether (sulfide) groups is 1. The van der Waals surface area contributed by atoms with E-state index in [1.807, 2.05) is 54.6 Å². The van der Waals surface area contributed by atoms with Gasteiger partial charge in [0.1, 0.15) is 6.04 Å². The van der Waals surface area contributed by atoms with Crippen molar-refractivity contribution in [2.45, 2.75) is 25.9 Å². The molecule has 0 bridgehead atoms.